The van der Waals surface area contributed by atoms with Crippen molar-refractivity contribution in [3.05, 3.63) is 84.7 Å². The van der Waals surface area contributed by atoms with E-state index in [0.717, 1.165) is 38.2 Å². The summed E-state index contributed by atoms with van der Waals surface area (Å²) in [6.07, 6.45) is 5.33. The average Bonchev–Trinajstić information content (AvgIpc) is 2.76. The van der Waals surface area contributed by atoms with Crippen LogP contribution in [-0.2, 0) is 11.3 Å². The minimum Gasteiger partial charge on any atom is -0.457 e. The Labute approximate surface area is 171 Å². The Kier molecular flexibility index (Phi) is 6.17. The summed E-state index contributed by atoms with van der Waals surface area (Å²) in [4.78, 5) is 19.2. The van der Waals surface area contributed by atoms with Crippen LogP contribution in [0.2, 0.25) is 0 Å². The molecule has 0 spiro atoms. The van der Waals surface area contributed by atoms with Gasteiger partial charge in [-0.3, -0.25) is 14.7 Å². The second kappa shape index (κ2) is 9.34. The molecule has 1 atom stereocenters. The molecule has 4 rings (SSSR count). The maximum atomic E-state index is 12.8. The third-order valence-electron chi connectivity index (χ3n) is 5.11. The Morgan fingerprint density at radius 2 is 1.86 bits per heavy atom. The van der Waals surface area contributed by atoms with Gasteiger partial charge in [0, 0.05) is 37.2 Å². The van der Waals surface area contributed by atoms with Crippen LogP contribution in [-0.4, -0.2) is 28.9 Å². The summed E-state index contributed by atoms with van der Waals surface area (Å²) in [5.74, 6) is 1.47. The highest BCUT2D eigenvalue weighted by Crippen LogP contribution is 2.25. The van der Waals surface area contributed by atoms with Gasteiger partial charge in [-0.25, -0.2) is 0 Å². The zero-order chi connectivity index (χ0) is 19.9. The number of pyridine rings is 1. The van der Waals surface area contributed by atoms with Gasteiger partial charge < -0.3 is 10.1 Å². The number of piperidine rings is 1. The third kappa shape index (κ3) is 5.42. The molecule has 3 aromatic rings. The molecule has 1 aliphatic rings. The van der Waals surface area contributed by atoms with Crippen molar-refractivity contribution < 1.29 is 9.53 Å². The molecule has 1 amide bonds. The molecule has 2 aromatic carbocycles. The van der Waals surface area contributed by atoms with Crippen LogP contribution in [0.25, 0.3) is 0 Å². The van der Waals surface area contributed by atoms with Gasteiger partial charge in [-0.1, -0.05) is 36.4 Å². The Balaban J connectivity index is 1.35. The molecular formula is C24H25N3O2. The first-order chi connectivity index (χ1) is 14.3. The van der Waals surface area contributed by atoms with Crippen LogP contribution in [0.3, 0.4) is 0 Å². The minimum atomic E-state index is -0.00256. The quantitative estimate of drug-likeness (QED) is 0.665. The third-order valence-corrected chi connectivity index (χ3v) is 5.11. The van der Waals surface area contributed by atoms with Crippen LogP contribution < -0.4 is 10.1 Å². The van der Waals surface area contributed by atoms with Crippen molar-refractivity contribution in [2.75, 3.05) is 18.4 Å². The highest BCUT2D eigenvalue weighted by Gasteiger charge is 2.25. The number of anilines is 1. The molecule has 5 heteroatoms. The summed E-state index contributed by atoms with van der Waals surface area (Å²) >= 11 is 0. The molecule has 1 aliphatic heterocycles. The summed E-state index contributed by atoms with van der Waals surface area (Å²) in [6.45, 7) is 2.71. The standard InChI is InChI=1S/C24H25N3O2/c28-24(20-8-5-15-27(18-20)17-19-6-2-1-3-7-19)26-21-9-4-10-23(16-21)29-22-11-13-25-14-12-22/h1-4,6-7,9-14,16,20H,5,8,15,17-18H2,(H,26,28). The van der Waals surface area contributed by atoms with Crippen molar-refractivity contribution in [1.82, 2.24) is 9.88 Å². The topological polar surface area (TPSA) is 54.5 Å². The number of carbonyl (C=O) groups is 1. The number of aromatic nitrogens is 1. The molecule has 1 N–H and O–H groups in total. The van der Waals surface area contributed by atoms with Crippen molar-refractivity contribution >= 4 is 11.6 Å². The van der Waals surface area contributed by atoms with E-state index in [1.807, 2.05) is 30.3 Å². The highest BCUT2D eigenvalue weighted by atomic mass is 16.5. The number of carbonyl (C=O) groups excluding carboxylic acids is 1. The van der Waals surface area contributed by atoms with Crippen molar-refractivity contribution in [3.63, 3.8) is 0 Å². The molecule has 0 bridgehead atoms. The second-order valence-corrected chi connectivity index (χ2v) is 7.36. The van der Waals surface area contributed by atoms with E-state index >= 15 is 0 Å². The van der Waals surface area contributed by atoms with Gasteiger partial charge in [0.2, 0.25) is 5.91 Å². The smallest absolute Gasteiger partial charge is 0.228 e. The van der Waals surface area contributed by atoms with Gasteiger partial charge in [0.25, 0.3) is 0 Å². The monoisotopic (exact) mass is 387 g/mol. The maximum Gasteiger partial charge on any atom is 0.228 e. The molecule has 29 heavy (non-hydrogen) atoms. The normalized spacial score (nSPS) is 16.9. The number of likely N-dealkylation sites (tertiary alicyclic amines) is 1. The van der Waals surface area contributed by atoms with Crippen molar-refractivity contribution in [2.45, 2.75) is 19.4 Å². The molecular weight excluding hydrogens is 362 g/mol. The minimum absolute atomic E-state index is 0.00256. The van der Waals surface area contributed by atoms with E-state index in [0.29, 0.717) is 11.5 Å². The number of hydrogen-bond acceptors (Lipinski definition) is 4. The number of hydrogen-bond donors (Lipinski definition) is 1. The Bertz CT molecular complexity index is 931. The predicted molar refractivity (Wildman–Crippen MR) is 114 cm³/mol. The summed E-state index contributed by atoms with van der Waals surface area (Å²) in [6, 6.07) is 21.5. The molecule has 0 saturated carbocycles. The van der Waals surface area contributed by atoms with E-state index in [-0.39, 0.29) is 11.8 Å². The molecule has 1 fully saturated rings. The fourth-order valence-electron chi connectivity index (χ4n) is 3.68. The SMILES string of the molecule is O=C(Nc1cccc(Oc2ccncc2)c1)C1CCCN(Cc2ccccc2)C1. The number of benzene rings is 2. The van der Waals surface area contributed by atoms with Gasteiger partial charge >= 0.3 is 0 Å². The van der Waals surface area contributed by atoms with Gasteiger partial charge in [0.05, 0.1) is 5.92 Å². The Morgan fingerprint density at radius 3 is 2.69 bits per heavy atom. The van der Waals surface area contributed by atoms with Crippen LogP contribution in [0.15, 0.2) is 79.1 Å². The van der Waals surface area contributed by atoms with Crippen LogP contribution in [0.4, 0.5) is 5.69 Å². The number of ether oxygens (including phenoxy) is 1. The number of nitrogens with zero attached hydrogens (tertiary/aromatic N) is 2. The lowest BCUT2D eigenvalue weighted by Gasteiger charge is -2.32. The molecule has 1 saturated heterocycles. The Morgan fingerprint density at radius 1 is 1.03 bits per heavy atom. The van der Waals surface area contributed by atoms with Gasteiger partial charge in [-0.15, -0.1) is 0 Å². The average molecular weight is 387 g/mol. The largest absolute Gasteiger partial charge is 0.457 e. The lowest BCUT2D eigenvalue weighted by atomic mass is 9.96. The van der Waals surface area contributed by atoms with Crippen LogP contribution in [0.5, 0.6) is 11.5 Å². The maximum absolute atomic E-state index is 12.8. The molecule has 2 heterocycles. The molecule has 1 unspecified atom stereocenters. The lowest BCUT2D eigenvalue weighted by molar-refractivity contribution is -0.121. The predicted octanol–water partition coefficient (Wildman–Crippen LogP) is 4.72. The summed E-state index contributed by atoms with van der Waals surface area (Å²) < 4.78 is 5.83. The van der Waals surface area contributed by atoms with E-state index in [2.05, 4.69) is 39.5 Å². The van der Waals surface area contributed by atoms with Gasteiger partial charge in [-0.05, 0) is 49.2 Å². The molecule has 0 radical (unpaired) electrons. The Hall–Kier alpha value is -3.18. The summed E-state index contributed by atoms with van der Waals surface area (Å²) in [5.41, 5.74) is 2.04. The van der Waals surface area contributed by atoms with Crippen molar-refractivity contribution in [3.8, 4) is 11.5 Å². The van der Waals surface area contributed by atoms with Crippen LogP contribution in [0, 0.1) is 5.92 Å². The van der Waals surface area contributed by atoms with Gasteiger partial charge in [0.1, 0.15) is 11.5 Å². The van der Waals surface area contributed by atoms with Gasteiger partial charge in [-0.2, -0.15) is 0 Å². The summed E-state index contributed by atoms with van der Waals surface area (Å²) in [7, 11) is 0. The summed E-state index contributed by atoms with van der Waals surface area (Å²) in [5, 5.41) is 3.06. The van der Waals surface area contributed by atoms with E-state index < -0.39 is 0 Å². The number of rotatable bonds is 6. The lowest BCUT2D eigenvalue weighted by Crippen LogP contribution is -2.40. The van der Waals surface area contributed by atoms with E-state index in [1.54, 1.807) is 24.5 Å². The first kappa shape index (κ1) is 19.2. The van der Waals surface area contributed by atoms with Crippen molar-refractivity contribution in [2.24, 2.45) is 5.92 Å². The van der Waals surface area contributed by atoms with Gasteiger partial charge in [0.15, 0.2) is 0 Å². The van der Waals surface area contributed by atoms with E-state index in [4.69, 9.17) is 4.74 Å². The fourth-order valence-corrected chi connectivity index (χ4v) is 3.68. The van der Waals surface area contributed by atoms with E-state index in [9.17, 15) is 4.79 Å². The zero-order valence-electron chi connectivity index (χ0n) is 16.3. The molecule has 5 nitrogen and oxygen atoms in total. The van der Waals surface area contributed by atoms with Crippen LogP contribution in [0.1, 0.15) is 18.4 Å². The molecule has 0 aliphatic carbocycles. The highest BCUT2D eigenvalue weighted by molar-refractivity contribution is 5.92. The van der Waals surface area contributed by atoms with Crippen molar-refractivity contribution in [1.29, 1.82) is 0 Å². The second-order valence-electron chi connectivity index (χ2n) is 7.36. The molecule has 1 aromatic heterocycles. The first-order valence-electron chi connectivity index (χ1n) is 10.0. The van der Waals surface area contributed by atoms with E-state index in [1.165, 1.54) is 5.56 Å². The first-order valence-corrected chi connectivity index (χ1v) is 10.0. The fraction of sp³-hybridized carbons (Fsp3) is 0.250. The number of amides is 1. The van der Waals surface area contributed by atoms with Crippen LogP contribution >= 0.6 is 0 Å². The zero-order valence-corrected chi connectivity index (χ0v) is 16.3. The molecule has 148 valence electrons. The number of nitrogens with one attached hydrogen (secondary N) is 1.